The van der Waals surface area contributed by atoms with E-state index in [0.29, 0.717) is 5.52 Å². The first kappa shape index (κ1) is 15.2. The van der Waals surface area contributed by atoms with Crippen LogP contribution in [-0.2, 0) is 4.79 Å². The molecule has 3 rings (SSSR count). The minimum absolute atomic E-state index is 0.0285. The van der Waals surface area contributed by atoms with Gasteiger partial charge in [0.15, 0.2) is 0 Å². The molecule has 0 aliphatic rings. The van der Waals surface area contributed by atoms with Crippen molar-refractivity contribution in [2.75, 3.05) is 0 Å². The standard InChI is InChI=1S/C19H17FN2O/c1-12(22-13(2)23)14-3-5-15(6-4-14)17-9-16-7-8-18(20)10-19(16)21-11-17/h3-12H,1-2H3,(H,22,23). The van der Waals surface area contributed by atoms with Gasteiger partial charge in [0.2, 0.25) is 5.91 Å². The molecule has 0 bridgehead atoms. The molecule has 0 spiro atoms. The predicted molar refractivity (Wildman–Crippen MR) is 89.4 cm³/mol. The summed E-state index contributed by atoms with van der Waals surface area (Å²) < 4.78 is 13.2. The first-order valence-electron chi connectivity index (χ1n) is 7.46. The monoisotopic (exact) mass is 308 g/mol. The van der Waals surface area contributed by atoms with Gasteiger partial charge in [-0.1, -0.05) is 24.3 Å². The second kappa shape index (κ2) is 6.16. The van der Waals surface area contributed by atoms with Crippen LogP contribution in [0.5, 0.6) is 0 Å². The predicted octanol–water partition coefficient (Wildman–Crippen LogP) is 4.24. The van der Waals surface area contributed by atoms with Crippen LogP contribution in [0.3, 0.4) is 0 Å². The average Bonchev–Trinajstić information content (AvgIpc) is 2.54. The van der Waals surface area contributed by atoms with E-state index in [2.05, 4.69) is 10.3 Å². The van der Waals surface area contributed by atoms with Crippen molar-refractivity contribution in [3.63, 3.8) is 0 Å². The van der Waals surface area contributed by atoms with E-state index in [9.17, 15) is 9.18 Å². The largest absolute Gasteiger partial charge is 0.350 e. The van der Waals surface area contributed by atoms with Crippen molar-refractivity contribution < 1.29 is 9.18 Å². The van der Waals surface area contributed by atoms with Crippen LogP contribution in [0, 0.1) is 5.82 Å². The summed E-state index contributed by atoms with van der Waals surface area (Å²) in [7, 11) is 0. The Morgan fingerprint density at radius 3 is 2.52 bits per heavy atom. The molecule has 0 radical (unpaired) electrons. The summed E-state index contributed by atoms with van der Waals surface area (Å²) >= 11 is 0. The lowest BCUT2D eigenvalue weighted by molar-refractivity contribution is -0.119. The zero-order valence-electron chi connectivity index (χ0n) is 13.0. The van der Waals surface area contributed by atoms with Crippen LogP contribution in [0.25, 0.3) is 22.0 Å². The van der Waals surface area contributed by atoms with E-state index in [4.69, 9.17) is 0 Å². The van der Waals surface area contributed by atoms with Crippen LogP contribution in [0.1, 0.15) is 25.5 Å². The SMILES string of the molecule is CC(=O)NC(C)c1ccc(-c2cnc3cc(F)ccc3c2)cc1. The van der Waals surface area contributed by atoms with E-state index in [-0.39, 0.29) is 17.8 Å². The number of pyridine rings is 1. The number of hydrogen-bond acceptors (Lipinski definition) is 2. The molecular weight excluding hydrogens is 291 g/mol. The highest BCUT2D eigenvalue weighted by atomic mass is 19.1. The molecule has 1 N–H and O–H groups in total. The van der Waals surface area contributed by atoms with Crippen LogP contribution in [-0.4, -0.2) is 10.9 Å². The Balaban J connectivity index is 1.90. The summed E-state index contributed by atoms with van der Waals surface area (Å²) in [5.41, 5.74) is 3.69. The summed E-state index contributed by atoms with van der Waals surface area (Å²) in [6.45, 7) is 3.46. The highest BCUT2D eigenvalue weighted by Gasteiger charge is 2.07. The highest BCUT2D eigenvalue weighted by Crippen LogP contribution is 2.24. The number of carbonyl (C=O) groups excluding carboxylic acids is 1. The maximum atomic E-state index is 13.2. The fourth-order valence-electron chi connectivity index (χ4n) is 2.60. The van der Waals surface area contributed by atoms with Gasteiger partial charge in [0.1, 0.15) is 5.82 Å². The molecule has 0 aliphatic heterocycles. The molecular formula is C19H17FN2O. The molecule has 0 aliphatic carbocycles. The van der Waals surface area contributed by atoms with Crippen molar-refractivity contribution in [2.45, 2.75) is 19.9 Å². The average molecular weight is 308 g/mol. The Hall–Kier alpha value is -2.75. The summed E-state index contributed by atoms with van der Waals surface area (Å²) in [5.74, 6) is -0.332. The molecule has 1 amide bonds. The Labute approximate surface area is 134 Å². The maximum absolute atomic E-state index is 13.2. The van der Waals surface area contributed by atoms with Gasteiger partial charge in [-0.15, -0.1) is 0 Å². The minimum atomic E-state index is -0.283. The summed E-state index contributed by atoms with van der Waals surface area (Å²) in [6, 6.07) is 14.5. The Morgan fingerprint density at radius 2 is 1.83 bits per heavy atom. The molecule has 3 aromatic rings. The number of halogens is 1. The van der Waals surface area contributed by atoms with Crippen molar-refractivity contribution >= 4 is 16.8 Å². The minimum Gasteiger partial charge on any atom is -0.350 e. The Morgan fingerprint density at radius 1 is 1.09 bits per heavy atom. The van der Waals surface area contributed by atoms with Crippen molar-refractivity contribution in [2.24, 2.45) is 0 Å². The highest BCUT2D eigenvalue weighted by molar-refractivity contribution is 5.83. The molecule has 4 heteroatoms. The number of amides is 1. The zero-order chi connectivity index (χ0) is 16.4. The Kier molecular flexibility index (Phi) is 4.06. The van der Waals surface area contributed by atoms with Gasteiger partial charge in [0.25, 0.3) is 0 Å². The second-order valence-corrected chi connectivity index (χ2v) is 5.61. The number of benzene rings is 2. The van der Waals surface area contributed by atoms with Crippen LogP contribution in [0.15, 0.2) is 54.7 Å². The number of rotatable bonds is 3. The lowest BCUT2D eigenvalue weighted by Gasteiger charge is -2.13. The van der Waals surface area contributed by atoms with Crippen LogP contribution in [0.4, 0.5) is 4.39 Å². The van der Waals surface area contributed by atoms with Crippen molar-refractivity contribution in [1.82, 2.24) is 10.3 Å². The molecule has 1 atom stereocenters. The van der Waals surface area contributed by atoms with Crippen molar-refractivity contribution in [3.8, 4) is 11.1 Å². The Bertz CT molecular complexity index is 859. The number of hydrogen-bond donors (Lipinski definition) is 1. The fraction of sp³-hybridized carbons (Fsp3) is 0.158. The summed E-state index contributed by atoms with van der Waals surface area (Å²) in [6.07, 6.45) is 1.74. The third kappa shape index (κ3) is 3.37. The molecule has 0 saturated carbocycles. The van der Waals surface area contributed by atoms with Gasteiger partial charge < -0.3 is 5.32 Å². The van der Waals surface area contributed by atoms with E-state index in [1.54, 1.807) is 12.3 Å². The molecule has 116 valence electrons. The number of carbonyl (C=O) groups is 1. The van der Waals surface area contributed by atoms with Crippen molar-refractivity contribution in [3.05, 3.63) is 66.1 Å². The van der Waals surface area contributed by atoms with Gasteiger partial charge in [-0.2, -0.15) is 0 Å². The molecule has 1 heterocycles. The van der Waals surface area contributed by atoms with Gasteiger partial charge in [0, 0.05) is 30.1 Å². The topological polar surface area (TPSA) is 42.0 Å². The number of nitrogens with zero attached hydrogens (tertiary/aromatic N) is 1. The smallest absolute Gasteiger partial charge is 0.217 e. The molecule has 23 heavy (non-hydrogen) atoms. The first-order chi connectivity index (χ1) is 11.0. The normalized spacial score (nSPS) is 12.1. The van der Waals surface area contributed by atoms with E-state index >= 15 is 0 Å². The van der Waals surface area contributed by atoms with Gasteiger partial charge in [-0.3, -0.25) is 9.78 Å². The third-order valence-electron chi connectivity index (χ3n) is 3.81. The second-order valence-electron chi connectivity index (χ2n) is 5.61. The van der Waals surface area contributed by atoms with Gasteiger partial charge in [-0.25, -0.2) is 4.39 Å². The van der Waals surface area contributed by atoms with E-state index < -0.39 is 0 Å². The molecule has 3 nitrogen and oxygen atoms in total. The summed E-state index contributed by atoms with van der Waals surface area (Å²) in [5, 5.41) is 3.76. The number of fused-ring (bicyclic) bond motifs is 1. The molecule has 1 aromatic heterocycles. The van der Waals surface area contributed by atoms with E-state index in [1.807, 2.05) is 37.3 Å². The lowest BCUT2D eigenvalue weighted by Crippen LogP contribution is -2.23. The molecule has 1 unspecified atom stereocenters. The number of aromatic nitrogens is 1. The van der Waals surface area contributed by atoms with E-state index in [1.165, 1.54) is 19.1 Å². The fourth-order valence-corrected chi connectivity index (χ4v) is 2.60. The quantitative estimate of drug-likeness (QED) is 0.786. The third-order valence-corrected chi connectivity index (χ3v) is 3.81. The molecule has 0 saturated heterocycles. The van der Waals surface area contributed by atoms with Gasteiger partial charge in [-0.05, 0) is 36.2 Å². The maximum Gasteiger partial charge on any atom is 0.217 e. The molecule has 2 aromatic carbocycles. The van der Waals surface area contributed by atoms with Crippen molar-refractivity contribution in [1.29, 1.82) is 0 Å². The van der Waals surface area contributed by atoms with Gasteiger partial charge >= 0.3 is 0 Å². The van der Waals surface area contributed by atoms with Crippen LogP contribution < -0.4 is 5.32 Å². The number of nitrogens with one attached hydrogen (secondary N) is 1. The van der Waals surface area contributed by atoms with Crippen LogP contribution >= 0.6 is 0 Å². The summed E-state index contributed by atoms with van der Waals surface area (Å²) in [4.78, 5) is 15.4. The van der Waals surface area contributed by atoms with E-state index in [0.717, 1.165) is 22.1 Å². The van der Waals surface area contributed by atoms with Gasteiger partial charge in [0.05, 0.1) is 11.6 Å². The van der Waals surface area contributed by atoms with Crippen LogP contribution in [0.2, 0.25) is 0 Å². The molecule has 0 fully saturated rings. The first-order valence-corrected chi connectivity index (χ1v) is 7.46. The zero-order valence-corrected chi connectivity index (χ0v) is 13.0. The lowest BCUT2D eigenvalue weighted by atomic mass is 10.0.